The van der Waals surface area contributed by atoms with Gasteiger partial charge >= 0.3 is 0 Å². The van der Waals surface area contributed by atoms with E-state index in [0.29, 0.717) is 16.7 Å². The van der Waals surface area contributed by atoms with Gasteiger partial charge in [0.1, 0.15) is 6.10 Å². The predicted molar refractivity (Wildman–Crippen MR) is 105 cm³/mol. The fourth-order valence-electron chi connectivity index (χ4n) is 3.06. The number of hydrogen-bond acceptors (Lipinski definition) is 3. The molecule has 1 fully saturated rings. The Morgan fingerprint density at radius 1 is 1.35 bits per heavy atom. The van der Waals surface area contributed by atoms with E-state index in [2.05, 4.69) is 20.3 Å². The zero-order chi connectivity index (χ0) is 18.5. The summed E-state index contributed by atoms with van der Waals surface area (Å²) >= 11 is 12.1. The Balaban J connectivity index is 1.56. The molecule has 1 N–H and O–H groups in total. The zero-order valence-electron chi connectivity index (χ0n) is 15.0. The molecule has 0 radical (unpaired) electrons. The number of halogens is 2. The van der Waals surface area contributed by atoms with E-state index < -0.39 is 0 Å². The van der Waals surface area contributed by atoms with Crippen LogP contribution in [0.25, 0.3) is 0 Å². The van der Waals surface area contributed by atoms with E-state index in [1.54, 1.807) is 17.8 Å². The smallest absolute Gasteiger partial charge is 0.193 e. The van der Waals surface area contributed by atoms with Crippen LogP contribution in [0.2, 0.25) is 10.0 Å². The summed E-state index contributed by atoms with van der Waals surface area (Å²) in [6.07, 6.45) is 4.67. The van der Waals surface area contributed by atoms with Crippen molar-refractivity contribution >= 4 is 29.2 Å². The minimum Gasteiger partial charge on any atom is -0.370 e. The fourth-order valence-corrected chi connectivity index (χ4v) is 3.63. The second-order valence-corrected chi connectivity index (χ2v) is 7.13. The van der Waals surface area contributed by atoms with Gasteiger partial charge in [0.05, 0.1) is 19.3 Å². The molecule has 140 valence electrons. The maximum Gasteiger partial charge on any atom is 0.193 e. The first-order chi connectivity index (χ1) is 12.5. The van der Waals surface area contributed by atoms with Crippen molar-refractivity contribution in [1.82, 2.24) is 20.0 Å². The van der Waals surface area contributed by atoms with Gasteiger partial charge in [0.2, 0.25) is 0 Å². The summed E-state index contributed by atoms with van der Waals surface area (Å²) in [7, 11) is 3.71. The van der Waals surface area contributed by atoms with E-state index in [1.807, 2.05) is 31.6 Å². The molecule has 8 heteroatoms. The lowest BCUT2D eigenvalue weighted by atomic mass is 10.1. The molecule has 1 aromatic carbocycles. The third-order valence-electron chi connectivity index (χ3n) is 4.29. The first-order valence-corrected chi connectivity index (χ1v) is 9.31. The summed E-state index contributed by atoms with van der Waals surface area (Å²) < 4.78 is 7.69. The highest BCUT2D eigenvalue weighted by atomic mass is 35.5. The summed E-state index contributed by atoms with van der Waals surface area (Å²) in [6, 6.07) is 5.61. The van der Waals surface area contributed by atoms with Gasteiger partial charge in [-0.05, 0) is 30.2 Å². The standard InChI is InChI=1S/C18H23Cl2N5O/c1-21-18(22-4-3-13-7-15(19)9-16(20)8-13)25-5-6-26-17(12-25)14-10-23-24(2)11-14/h7-11,17H,3-6,12H2,1-2H3,(H,21,22). The number of nitrogens with one attached hydrogen (secondary N) is 1. The van der Waals surface area contributed by atoms with Crippen molar-refractivity contribution in [1.29, 1.82) is 0 Å². The number of hydrogen-bond donors (Lipinski definition) is 1. The van der Waals surface area contributed by atoms with E-state index in [9.17, 15) is 0 Å². The highest BCUT2D eigenvalue weighted by Crippen LogP contribution is 2.22. The minimum absolute atomic E-state index is 0.00253. The summed E-state index contributed by atoms with van der Waals surface area (Å²) in [5, 5.41) is 8.96. The molecule has 0 spiro atoms. The van der Waals surface area contributed by atoms with Crippen molar-refractivity contribution in [2.24, 2.45) is 12.0 Å². The fraction of sp³-hybridized carbons (Fsp3) is 0.444. The van der Waals surface area contributed by atoms with Gasteiger partial charge in [0.25, 0.3) is 0 Å². The highest BCUT2D eigenvalue weighted by Gasteiger charge is 2.25. The van der Waals surface area contributed by atoms with Gasteiger partial charge in [-0.3, -0.25) is 9.67 Å². The Morgan fingerprint density at radius 3 is 2.77 bits per heavy atom. The average Bonchev–Trinajstić information content (AvgIpc) is 3.04. The first kappa shape index (κ1) is 19.0. The Labute approximate surface area is 163 Å². The third kappa shape index (κ3) is 4.90. The second-order valence-electron chi connectivity index (χ2n) is 6.25. The molecule has 2 heterocycles. The minimum atomic E-state index is 0.00253. The van der Waals surface area contributed by atoms with E-state index in [0.717, 1.165) is 43.1 Å². The van der Waals surface area contributed by atoms with Crippen LogP contribution in [0.3, 0.4) is 0 Å². The molecule has 1 aliphatic rings. The SMILES string of the molecule is CN=C(NCCc1cc(Cl)cc(Cl)c1)N1CCOC(c2cnn(C)c2)C1. The van der Waals surface area contributed by atoms with Crippen LogP contribution in [0.1, 0.15) is 17.2 Å². The molecule has 1 aromatic heterocycles. The van der Waals surface area contributed by atoms with Crippen molar-refractivity contribution in [3.8, 4) is 0 Å². The zero-order valence-corrected chi connectivity index (χ0v) is 16.5. The third-order valence-corrected chi connectivity index (χ3v) is 4.73. The van der Waals surface area contributed by atoms with Crippen molar-refractivity contribution in [3.05, 3.63) is 51.8 Å². The van der Waals surface area contributed by atoms with Gasteiger partial charge in [-0.1, -0.05) is 23.2 Å². The van der Waals surface area contributed by atoms with Gasteiger partial charge in [0, 0.05) is 49.0 Å². The molecule has 1 aliphatic heterocycles. The molecule has 0 bridgehead atoms. The highest BCUT2D eigenvalue weighted by molar-refractivity contribution is 6.34. The molecule has 1 saturated heterocycles. The maximum absolute atomic E-state index is 6.06. The number of ether oxygens (including phenoxy) is 1. The van der Waals surface area contributed by atoms with Gasteiger partial charge in [-0.25, -0.2) is 0 Å². The first-order valence-electron chi connectivity index (χ1n) is 8.56. The number of morpholine rings is 1. The molecular formula is C18H23Cl2N5O. The number of aryl methyl sites for hydroxylation is 1. The number of aromatic nitrogens is 2. The molecule has 3 rings (SSSR count). The van der Waals surface area contributed by atoms with E-state index in [1.165, 1.54) is 0 Å². The van der Waals surface area contributed by atoms with Crippen LogP contribution in [0.15, 0.2) is 35.6 Å². The predicted octanol–water partition coefficient (Wildman–Crippen LogP) is 2.92. The average molecular weight is 396 g/mol. The van der Waals surface area contributed by atoms with Gasteiger partial charge in [-0.15, -0.1) is 0 Å². The normalized spacial score (nSPS) is 18.2. The molecule has 26 heavy (non-hydrogen) atoms. The maximum atomic E-state index is 6.06. The van der Waals surface area contributed by atoms with Crippen LogP contribution in [-0.2, 0) is 18.2 Å². The lowest BCUT2D eigenvalue weighted by Gasteiger charge is -2.34. The largest absolute Gasteiger partial charge is 0.370 e. The van der Waals surface area contributed by atoms with E-state index in [-0.39, 0.29) is 6.10 Å². The lowest BCUT2D eigenvalue weighted by molar-refractivity contribution is -0.00800. The molecule has 1 unspecified atom stereocenters. The summed E-state index contributed by atoms with van der Waals surface area (Å²) in [5.41, 5.74) is 2.18. The van der Waals surface area contributed by atoms with Crippen LogP contribution in [0.5, 0.6) is 0 Å². The molecule has 0 amide bonds. The van der Waals surface area contributed by atoms with Crippen LogP contribution in [0, 0.1) is 0 Å². The topological polar surface area (TPSA) is 54.7 Å². The molecule has 0 saturated carbocycles. The molecule has 6 nitrogen and oxygen atoms in total. The molecule has 0 aliphatic carbocycles. The van der Waals surface area contributed by atoms with E-state index >= 15 is 0 Å². The van der Waals surface area contributed by atoms with Gasteiger partial charge in [-0.2, -0.15) is 5.10 Å². The lowest BCUT2D eigenvalue weighted by Crippen LogP contribution is -2.48. The number of guanidine groups is 1. The Bertz CT molecular complexity index is 756. The molecule has 2 aromatic rings. The Hall–Kier alpha value is -1.76. The van der Waals surface area contributed by atoms with Crippen LogP contribution in [0.4, 0.5) is 0 Å². The van der Waals surface area contributed by atoms with Crippen molar-refractivity contribution in [2.45, 2.75) is 12.5 Å². The van der Waals surface area contributed by atoms with E-state index in [4.69, 9.17) is 27.9 Å². The van der Waals surface area contributed by atoms with Gasteiger partial charge in [0.15, 0.2) is 5.96 Å². The van der Waals surface area contributed by atoms with Crippen LogP contribution >= 0.6 is 23.2 Å². The Kier molecular flexibility index (Phi) is 6.40. The van der Waals surface area contributed by atoms with Crippen molar-refractivity contribution in [3.63, 3.8) is 0 Å². The summed E-state index contributed by atoms with van der Waals surface area (Å²) in [6.45, 7) is 2.95. The van der Waals surface area contributed by atoms with Gasteiger partial charge < -0.3 is 15.0 Å². The second kappa shape index (κ2) is 8.75. The summed E-state index contributed by atoms with van der Waals surface area (Å²) in [5.74, 6) is 0.871. The number of aliphatic imine (C=N–C) groups is 1. The van der Waals surface area contributed by atoms with Crippen LogP contribution in [-0.4, -0.2) is 53.9 Å². The van der Waals surface area contributed by atoms with Crippen molar-refractivity contribution in [2.75, 3.05) is 33.3 Å². The summed E-state index contributed by atoms with van der Waals surface area (Å²) in [4.78, 5) is 6.63. The van der Waals surface area contributed by atoms with Crippen LogP contribution < -0.4 is 5.32 Å². The number of rotatable bonds is 4. The Morgan fingerprint density at radius 2 is 2.12 bits per heavy atom. The molecule has 1 atom stereocenters. The monoisotopic (exact) mass is 395 g/mol. The number of nitrogens with zero attached hydrogens (tertiary/aromatic N) is 4. The number of benzene rings is 1. The molecular weight excluding hydrogens is 373 g/mol. The van der Waals surface area contributed by atoms with Crippen molar-refractivity contribution < 1.29 is 4.74 Å². The quantitative estimate of drug-likeness (QED) is 0.638.